The number of para-hydroxylation sites is 1. The summed E-state index contributed by atoms with van der Waals surface area (Å²) in [6.45, 7) is 3.94. The Hall–Kier alpha value is -2.45. The molecule has 0 saturated carbocycles. The van der Waals surface area contributed by atoms with Gasteiger partial charge in [0.1, 0.15) is 5.82 Å². The predicted octanol–water partition coefficient (Wildman–Crippen LogP) is 1.84. The lowest BCUT2D eigenvalue weighted by atomic mass is 10.2. The van der Waals surface area contributed by atoms with Crippen LogP contribution in [0.2, 0.25) is 0 Å². The molecule has 3 rings (SSSR count). The van der Waals surface area contributed by atoms with Crippen LogP contribution in [0, 0.1) is 5.82 Å². The van der Waals surface area contributed by atoms with Gasteiger partial charge in [-0.3, -0.25) is 4.79 Å². The van der Waals surface area contributed by atoms with Crippen molar-refractivity contribution in [3.8, 4) is 0 Å². The largest absolute Gasteiger partial charge is 0.368 e. The monoisotopic (exact) mass is 391 g/mol. The topological polar surface area (TPSA) is 69.7 Å². The summed E-state index contributed by atoms with van der Waals surface area (Å²) in [5, 5.41) is 0. The molecular weight excluding hydrogens is 369 g/mol. The SMILES string of the molecule is C[C@H](NS(=O)(=O)c1ccc(F)cc1)C(=O)N1CCN(c2ccccc2)CC1. The van der Waals surface area contributed by atoms with Crippen LogP contribution in [0.5, 0.6) is 0 Å². The van der Waals surface area contributed by atoms with Crippen LogP contribution in [-0.4, -0.2) is 51.4 Å². The van der Waals surface area contributed by atoms with Gasteiger partial charge in [0.05, 0.1) is 10.9 Å². The second-order valence-electron chi connectivity index (χ2n) is 6.44. The maximum absolute atomic E-state index is 13.0. The van der Waals surface area contributed by atoms with E-state index in [4.69, 9.17) is 0 Å². The van der Waals surface area contributed by atoms with Gasteiger partial charge < -0.3 is 9.80 Å². The van der Waals surface area contributed by atoms with Crippen molar-refractivity contribution in [2.75, 3.05) is 31.1 Å². The van der Waals surface area contributed by atoms with Crippen molar-refractivity contribution in [1.29, 1.82) is 0 Å². The van der Waals surface area contributed by atoms with E-state index in [1.165, 1.54) is 19.1 Å². The zero-order valence-corrected chi connectivity index (χ0v) is 15.8. The van der Waals surface area contributed by atoms with Crippen LogP contribution in [0.3, 0.4) is 0 Å². The van der Waals surface area contributed by atoms with Crippen LogP contribution in [0.1, 0.15) is 6.92 Å². The number of halogens is 1. The molecule has 1 fully saturated rings. The third-order valence-electron chi connectivity index (χ3n) is 4.54. The molecule has 1 amide bonds. The highest BCUT2D eigenvalue weighted by Crippen LogP contribution is 2.16. The van der Waals surface area contributed by atoms with Crippen molar-refractivity contribution in [2.24, 2.45) is 0 Å². The smallest absolute Gasteiger partial charge is 0.241 e. The lowest BCUT2D eigenvalue weighted by molar-refractivity contribution is -0.132. The summed E-state index contributed by atoms with van der Waals surface area (Å²) >= 11 is 0. The summed E-state index contributed by atoms with van der Waals surface area (Å²) in [7, 11) is -3.89. The molecule has 1 aliphatic rings. The van der Waals surface area contributed by atoms with Crippen LogP contribution < -0.4 is 9.62 Å². The van der Waals surface area contributed by atoms with Crippen molar-refractivity contribution in [2.45, 2.75) is 17.9 Å². The van der Waals surface area contributed by atoms with E-state index in [0.29, 0.717) is 26.2 Å². The molecule has 144 valence electrons. The number of nitrogens with one attached hydrogen (secondary N) is 1. The zero-order valence-electron chi connectivity index (χ0n) is 15.0. The van der Waals surface area contributed by atoms with Gasteiger partial charge in [-0.15, -0.1) is 0 Å². The van der Waals surface area contributed by atoms with Gasteiger partial charge in [0.15, 0.2) is 0 Å². The van der Waals surface area contributed by atoms with E-state index in [0.717, 1.165) is 17.8 Å². The first-order valence-corrected chi connectivity index (χ1v) is 10.2. The molecule has 8 heteroatoms. The minimum Gasteiger partial charge on any atom is -0.368 e. The number of carbonyl (C=O) groups excluding carboxylic acids is 1. The van der Waals surface area contributed by atoms with Gasteiger partial charge in [-0.1, -0.05) is 18.2 Å². The molecule has 1 aliphatic heterocycles. The van der Waals surface area contributed by atoms with Crippen LogP contribution >= 0.6 is 0 Å². The molecule has 0 aromatic heterocycles. The normalized spacial score (nSPS) is 16.2. The highest BCUT2D eigenvalue weighted by molar-refractivity contribution is 7.89. The fraction of sp³-hybridized carbons (Fsp3) is 0.316. The third-order valence-corrected chi connectivity index (χ3v) is 6.10. The van der Waals surface area contributed by atoms with Crippen molar-refractivity contribution < 1.29 is 17.6 Å². The summed E-state index contributed by atoms with van der Waals surface area (Å²) < 4.78 is 40.1. The zero-order chi connectivity index (χ0) is 19.4. The number of rotatable bonds is 5. The van der Waals surface area contributed by atoms with Crippen LogP contribution in [0.15, 0.2) is 59.5 Å². The van der Waals surface area contributed by atoms with Gasteiger partial charge in [0, 0.05) is 31.9 Å². The van der Waals surface area contributed by atoms with Crippen LogP contribution in [0.4, 0.5) is 10.1 Å². The number of sulfonamides is 1. The second kappa shape index (κ2) is 8.06. The molecule has 1 heterocycles. The minimum absolute atomic E-state index is 0.0718. The summed E-state index contributed by atoms with van der Waals surface area (Å²) in [5.41, 5.74) is 1.11. The summed E-state index contributed by atoms with van der Waals surface area (Å²) in [5.74, 6) is -0.789. The molecule has 0 spiro atoms. The average Bonchev–Trinajstić information content (AvgIpc) is 2.68. The summed E-state index contributed by atoms with van der Waals surface area (Å²) in [6, 6.07) is 13.5. The van der Waals surface area contributed by atoms with E-state index in [-0.39, 0.29) is 10.8 Å². The van der Waals surface area contributed by atoms with Crippen LogP contribution in [-0.2, 0) is 14.8 Å². The highest BCUT2D eigenvalue weighted by atomic mass is 32.2. The number of hydrogen-bond acceptors (Lipinski definition) is 4. The molecule has 1 saturated heterocycles. The molecule has 6 nitrogen and oxygen atoms in total. The van der Waals surface area contributed by atoms with Crippen molar-refractivity contribution in [3.05, 3.63) is 60.4 Å². The Morgan fingerprint density at radius 2 is 1.59 bits per heavy atom. The van der Waals surface area contributed by atoms with E-state index in [1.54, 1.807) is 4.90 Å². The lowest BCUT2D eigenvalue weighted by Crippen LogP contribution is -2.54. The highest BCUT2D eigenvalue weighted by Gasteiger charge is 2.28. The lowest BCUT2D eigenvalue weighted by Gasteiger charge is -2.37. The molecule has 27 heavy (non-hydrogen) atoms. The van der Waals surface area contributed by atoms with E-state index in [9.17, 15) is 17.6 Å². The van der Waals surface area contributed by atoms with Gasteiger partial charge in [-0.25, -0.2) is 12.8 Å². The van der Waals surface area contributed by atoms with Gasteiger partial charge in [-0.2, -0.15) is 4.72 Å². The molecule has 0 bridgehead atoms. The van der Waals surface area contributed by atoms with Crippen molar-refractivity contribution >= 4 is 21.6 Å². The quantitative estimate of drug-likeness (QED) is 0.845. The van der Waals surface area contributed by atoms with E-state index >= 15 is 0 Å². The Morgan fingerprint density at radius 3 is 2.19 bits per heavy atom. The first-order valence-electron chi connectivity index (χ1n) is 8.73. The van der Waals surface area contributed by atoms with E-state index in [2.05, 4.69) is 9.62 Å². The van der Waals surface area contributed by atoms with Gasteiger partial charge >= 0.3 is 0 Å². The summed E-state index contributed by atoms with van der Waals surface area (Å²) in [4.78, 5) is 16.4. The number of anilines is 1. The maximum Gasteiger partial charge on any atom is 0.241 e. The summed E-state index contributed by atoms with van der Waals surface area (Å²) in [6.07, 6.45) is 0. The fourth-order valence-corrected chi connectivity index (χ4v) is 4.26. The van der Waals surface area contributed by atoms with E-state index < -0.39 is 21.9 Å². The molecule has 1 atom stereocenters. The standard InChI is InChI=1S/C19H22FN3O3S/c1-15(21-27(25,26)18-9-7-16(20)8-10-18)19(24)23-13-11-22(12-14-23)17-5-3-2-4-6-17/h2-10,15,21H,11-14H2,1H3/t15-/m0/s1. The van der Waals surface area contributed by atoms with Gasteiger partial charge in [0.2, 0.25) is 15.9 Å². The number of piperazine rings is 1. The third kappa shape index (κ3) is 4.64. The number of amides is 1. The first-order chi connectivity index (χ1) is 12.9. The van der Waals surface area contributed by atoms with Crippen molar-refractivity contribution in [3.63, 3.8) is 0 Å². The Bertz CT molecular complexity index is 880. The number of nitrogens with zero attached hydrogens (tertiary/aromatic N) is 2. The first kappa shape index (κ1) is 19.3. The average molecular weight is 391 g/mol. The van der Waals surface area contributed by atoms with Crippen LogP contribution in [0.25, 0.3) is 0 Å². The van der Waals surface area contributed by atoms with Gasteiger partial charge in [0.25, 0.3) is 0 Å². The molecule has 2 aromatic rings. The Kier molecular flexibility index (Phi) is 5.76. The molecule has 1 N–H and O–H groups in total. The number of benzene rings is 2. The molecule has 0 aliphatic carbocycles. The Labute approximate surface area is 158 Å². The fourth-order valence-electron chi connectivity index (χ4n) is 3.06. The number of hydrogen-bond donors (Lipinski definition) is 1. The Morgan fingerprint density at radius 1 is 1.00 bits per heavy atom. The molecule has 2 aromatic carbocycles. The molecule has 0 unspecified atom stereocenters. The van der Waals surface area contributed by atoms with E-state index in [1.807, 2.05) is 30.3 Å². The molecular formula is C19H22FN3O3S. The maximum atomic E-state index is 13.0. The molecule has 0 radical (unpaired) electrons. The number of carbonyl (C=O) groups is 1. The second-order valence-corrected chi connectivity index (χ2v) is 8.16. The van der Waals surface area contributed by atoms with Gasteiger partial charge in [-0.05, 0) is 43.3 Å². The van der Waals surface area contributed by atoms with Crippen molar-refractivity contribution in [1.82, 2.24) is 9.62 Å². The minimum atomic E-state index is -3.89. The predicted molar refractivity (Wildman–Crippen MR) is 101 cm³/mol. The Balaban J connectivity index is 1.59.